The smallest absolute Gasteiger partial charge is 0.311 e. The quantitative estimate of drug-likeness (QED) is 0.398. The summed E-state index contributed by atoms with van der Waals surface area (Å²) in [5.41, 5.74) is -0.438. The molecule has 0 spiro atoms. The monoisotopic (exact) mass is 201 g/mol. The maximum absolute atomic E-state index is 11.3. The zero-order valence-electron chi connectivity index (χ0n) is 8.46. The number of hydrogen-bond acceptors (Lipinski definition) is 4. The maximum atomic E-state index is 11.3. The van der Waals surface area contributed by atoms with Crippen molar-refractivity contribution in [2.45, 2.75) is 33.3 Å². The van der Waals surface area contributed by atoms with Crippen LogP contribution < -0.4 is 0 Å². The van der Waals surface area contributed by atoms with E-state index < -0.39 is 5.60 Å². The average Bonchev–Trinajstić information content (AvgIpc) is 1.96. The largest absolute Gasteiger partial charge is 0.460 e. The second-order valence-corrected chi connectivity index (χ2v) is 4.05. The summed E-state index contributed by atoms with van der Waals surface area (Å²) in [5, 5.41) is 2.22. The van der Waals surface area contributed by atoms with Crippen LogP contribution >= 0.6 is 12.2 Å². The van der Waals surface area contributed by atoms with Crippen LogP contribution in [0.4, 0.5) is 0 Å². The van der Waals surface area contributed by atoms with Crippen molar-refractivity contribution in [2.75, 3.05) is 6.54 Å². The molecule has 0 N–H and O–H groups in total. The van der Waals surface area contributed by atoms with Crippen molar-refractivity contribution in [2.24, 2.45) is 10.9 Å². The summed E-state index contributed by atoms with van der Waals surface area (Å²) in [5.74, 6) is -0.504. The third kappa shape index (κ3) is 6.43. The number of aliphatic imine (C=N–C) groups is 1. The summed E-state index contributed by atoms with van der Waals surface area (Å²) in [6.45, 7) is 7.60. The summed E-state index contributed by atoms with van der Waals surface area (Å²) >= 11 is 4.40. The topological polar surface area (TPSA) is 38.7 Å². The fraction of sp³-hybridized carbons (Fsp3) is 0.778. The van der Waals surface area contributed by atoms with Crippen LogP contribution in [0.1, 0.15) is 27.7 Å². The van der Waals surface area contributed by atoms with Crippen molar-refractivity contribution >= 4 is 23.3 Å². The number of esters is 1. The number of carbonyl (C=O) groups excluding carboxylic acids is 1. The van der Waals surface area contributed by atoms with Crippen molar-refractivity contribution in [3.63, 3.8) is 0 Å². The highest BCUT2D eigenvalue weighted by atomic mass is 32.1. The molecule has 0 fully saturated rings. The van der Waals surface area contributed by atoms with Crippen molar-refractivity contribution in [1.29, 1.82) is 0 Å². The number of thiocarbonyl (C=S) groups is 1. The van der Waals surface area contributed by atoms with Gasteiger partial charge in [0, 0.05) is 0 Å². The van der Waals surface area contributed by atoms with Crippen LogP contribution in [0.5, 0.6) is 0 Å². The number of hydrogen-bond donors (Lipinski definition) is 0. The lowest BCUT2D eigenvalue weighted by molar-refractivity contribution is -0.158. The number of rotatable bonds is 3. The van der Waals surface area contributed by atoms with E-state index in [-0.39, 0.29) is 11.9 Å². The van der Waals surface area contributed by atoms with E-state index in [2.05, 4.69) is 22.4 Å². The van der Waals surface area contributed by atoms with E-state index in [0.717, 1.165) is 0 Å². The Balaban J connectivity index is 4.04. The van der Waals surface area contributed by atoms with E-state index in [0.29, 0.717) is 6.54 Å². The lowest BCUT2D eigenvalue weighted by Gasteiger charge is -2.21. The molecule has 0 aromatic rings. The maximum Gasteiger partial charge on any atom is 0.311 e. The van der Waals surface area contributed by atoms with Gasteiger partial charge in [0.15, 0.2) is 0 Å². The summed E-state index contributed by atoms with van der Waals surface area (Å²) in [6, 6.07) is 0. The van der Waals surface area contributed by atoms with Gasteiger partial charge in [0.05, 0.1) is 17.6 Å². The Bertz CT molecular complexity index is 226. The Morgan fingerprint density at radius 3 is 2.54 bits per heavy atom. The molecular weight excluding hydrogens is 186 g/mol. The molecule has 13 heavy (non-hydrogen) atoms. The van der Waals surface area contributed by atoms with Crippen molar-refractivity contribution < 1.29 is 9.53 Å². The highest BCUT2D eigenvalue weighted by molar-refractivity contribution is 7.78. The van der Waals surface area contributed by atoms with Crippen LogP contribution in [0.2, 0.25) is 0 Å². The second kappa shape index (κ2) is 5.10. The number of carbonyl (C=O) groups is 1. The van der Waals surface area contributed by atoms with Gasteiger partial charge in [-0.2, -0.15) is 0 Å². The first-order valence-corrected chi connectivity index (χ1v) is 4.54. The number of nitrogens with zero attached hydrogens (tertiary/aromatic N) is 1. The Labute approximate surface area is 84.2 Å². The molecule has 1 atom stereocenters. The molecule has 0 aliphatic rings. The molecule has 0 saturated carbocycles. The van der Waals surface area contributed by atoms with Crippen molar-refractivity contribution in [3.8, 4) is 0 Å². The average molecular weight is 201 g/mol. The predicted molar refractivity (Wildman–Crippen MR) is 54.9 cm³/mol. The molecule has 0 heterocycles. The van der Waals surface area contributed by atoms with E-state index in [1.54, 1.807) is 6.92 Å². The molecular formula is C9H15NO2S. The van der Waals surface area contributed by atoms with E-state index >= 15 is 0 Å². The standard InChI is InChI=1S/C9H15NO2S/c1-7(5-10-6-13)8(11)12-9(2,3)4/h7H,5H2,1-4H3. The Morgan fingerprint density at radius 2 is 2.15 bits per heavy atom. The molecule has 0 aromatic heterocycles. The fourth-order valence-electron chi connectivity index (χ4n) is 0.651. The predicted octanol–water partition coefficient (Wildman–Crippen LogP) is 2.07. The molecule has 0 saturated heterocycles. The highest BCUT2D eigenvalue weighted by Crippen LogP contribution is 2.11. The molecule has 0 aromatic carbocycles. The molecule has 4 heteroatoms. The van der Waals surface area contributed by atoms with E-state index in [9.17, 15) is 4.79 Å². The molecule has 0 rings (SSSR count). The SMILES string of the molecule is CC(CN=C=S)C(=O)OC(C)(C)C. The molecule has 74 valence electrons. The van der Waals surface area contributed by atoms with Gasteiger partial charge in [-0.1, -0.05) is 6.92 Å². The van der Waals surface area contributed by atoms with Gasteiger partial charge in [-0.3, -0.25) is 4.79 Å². The van der Waals surface area contributed by atoms with Gasteiger partial charge in [-0.15, -0.1) is 0 Å². The zero-order valence-corrected chi connectivity index (χ0v) is 9.27. The first-order chi connectivity index (χ1) is 5.87. The Kier molecular flexibility index (Phi) is 4.81. The van der Waals surface area contributed by atoms with Crippen LogP contribution in [0, 0.1) is 5.92 Å². The van der Waals surface area contributed by atoms with Crippen LogP contribution in [-0.4, -0.2) is 23.3 Å². The summed E-state index contributed by atoms with van der Waals surface area (Å²) < 4.78 is 5.14. The number of isothiocyanates is 1. The van der Waals surface area contributed by atoms with Crippen LogP contribution in [0.3, 0.4) is 0 Å². The lowest BCUT2D eigenvalue weighted by Crippen LogP contribution is -2.28. The van der Waals surface area contributed by atoms with Gasteiger partial charge in [0.1, 0.15) is 5.60 Å². The summed E-state index contributed by atoms with van der Waals surface area (Å²) in [7, 11) is 0. The van der Waals surface area contributed by atoms with Crippen molar-refractivity contribution in [1.82, 2.24) is 0 Å². The van der Waals surface area contributed by atoms with Gasteiger partial charge in [-0.05, 0) is 33.0 Å². The third-order valence-corrected chi connectivity index (χ3v) is 1.37. The van der Waals surface area contributed by atoms with E-state index in [1.807, 2.05) is 20.8 Å². The van der Waals surface area contributed by atoms with Gasteiger partial charge in [-0.25, -0.2) is 4.99 Å². The second-order valence-electron chi connectivity index (χ2n) is 3.87. The summed E-state index contributed by atoms with van der Waals surface area (Å²) in [6.07, 6.45) is 0. The summed E-state index contributed by atoms with van der Waals surface area (Å²) in [4.78, 5) is 15.0. The number of ether oxygens (including phenoxy) is 1. The minimum absolute atomic E-state index is 0.249. The molecule has 1 unspecified atom stereocenters. The van der Waals surface area contributed by atoms with Gasteiger partial charge in [0.25, 0.3) is 0 Å². The minimum Gasteiger partial charge on any atom is -0.460 e. The molecule has 0 aliphatic heterocycles. The Morgan fingerprint density at radius 1 is 1.62 bits per heavy atom. The molecule has 3 nitrogen and oxygen atoms in total. The van der Waals surface area contributed by atoms with Gasteiger partial charge < -0.3 is 4.74 Å². The fourth-order valence-corrected chi connectivity index (χ4v) is 0.726. The molecule has 0 amide bonds. The van der Waals surface area contributed by atoms with E-state index in [4.69, 9.17) is 4.74 Å². The third-order valence-electron chi connectivity index (χ3n) is 1.24. The minimum atomic E-state index is -0.438. The lowest BCUT2D eigenvalue weighted by atomic mass is 10.1. The van der Waals surface area contributed by atoms with Crippen molar-refractivity contribution in [3.05, 3.63) is 0 Å². The van der Waals surface area contributed by atoms with E-state index in [1.165, 1.54) is 0 Å². The Hall–Kier alpha value is -0.730. The molecule has 0 bridgehead atoms. The normalized spacial score (nSPS) is 12.9. The first kappa shape index (κ1) is 12.3. The molecule has 0 aliphatic carbocycles. The zero-order chi connectivity index (χ0) is 10.5. The van der Waals surface area contributed by atoms with Crippen LogP contribution in [0.25, 0.3) is 0 Å². The van der Waals surface area contributed by atoms with Gasteiger partial charge >= 0.3 is 5.97 Å². The van der Waals surface area contributed by atoms with Gasteiger partial charge in [0.2, 0.25) is 0 Å². The molecule has 0 radical (unpaired) electrons. The van der Waals surface area contributed by atoms with Crippen LogP contribution in [-0.2, 0) is 9.53 Å². The van der Waals surface area contributed by atoms with Crippen LogP contribution in [0.15, 0.2) is 4.99 Å². The highest BCUT2D eigenvalue weighted by Gasteiger charge is 2.20. The first-order valence-electron chi connectivity index (χ1n) is 4.13.